The molecule has 2 aromatic carbocycles. The van der Waals surface area contributed by atoms with Crippen LogP contribution in [0.15, 0.2) is 42.5 Å². The maximum absolute atomic E-state index is 14.0. The predicted molar refractivity (Wildman–Crippen MR) is 158 cm³/mol. The highest BCUT2D eigenvalue weighted by Crippen LogP contribution is 2.67. The summed E-state index contributed by atoms with van der Waals surface area (Å²) >= 11 is 0. The van der Waals surface area contributed by atoms with Crippen LogP contribution in [-0.4, -0.2) is 72.7 Å². The lowest BCUT2D eigenvalue weighted by Crippen LogP contribution is -2.79. The summed E-state index contributed by atoms with van der Waals surface area (Å²) in [4.78, 5) is 30.9. The van der Waals surface area contributed by atoms with Crippen LogP contribution in [0.5, 0.6) is 11.5 Å². The number of carbonyl (C=O) groups is 2. The summed E-state index contributed by atoms with van der Waals surface area (Å²) in [6.45, 7) is 6.70. The van der Waals surface area contributed by atoms with Gasteiger partial charge in [0.2, 0.25) is 5.91 Å². The number of likely N-dealkylation sites (N-methyl/N-ethyl adjacent to an activating group) is 1. The van der Waals surface area contributed by atoms with E-state index in [1.807, 2.05) is 24.8 Å². The molecule has 5 atom stereocenters. The molecule has 1 spiro atoms. The summed E-state index contributed by atoms with van der Waals surface area (Å²) in [5.41, 5.74) is 0.130. The van der Waals surface area contributed by atoms with Crippen molar-refractivity contribution in [3.05, 3.63) is 64.7 Å². The molecule has 1 amide bonds. The van der Waals surface area contributed by atoms with Gasteiger partial charge < -0.3 is 19.1 Å². The topological polar surface area (TPSA) is 68.3 Å². The highest BCUT2D eigenvalue weighted by atomic mass is 19.4. The third-order valence-electron chi connectivity index (χ3n) is 10.1. The van der Waals surface area contributed by atoms with Crippen LogP contribution in [0, 0.1) is 5.92 Å². The fourth-order valence-corrected chi connectivity index (χ4v) is 8.49. The van der Waals surface area contributed by atoms with E-state index >= 15 is 0 Å². The third kappa shape index (κ3) is 4.59. The van der Waals surface area contributed by atoms with Crippen LogP contribution in [0.2, 0.25) is 0 Å². The molecule has 2 aliphatic heterocycles. The number of esters is 1. The van der Waals surface area contributed by atoms with Gasteiger partial charge in [-0.25, -0.2) is 0 Å². The number of benzene rings is 2. The summed E-state index contributed by atoms with van der Waals surface area (Å²) < 4.78 is 59.1. The third-order valence-corrected chi connectivity index (χ3v) is 10.1. The molecule has 10 heteroatoms. The van der Waals surface area contributed by atoms with Crippen LogP contribution in [0.25, 0.3) is 6.08 Å². The Hall–Kier alpha value is -3.53. The Morgan fingerprint density at radius 3 is 2.66 bits per heavy atom. The molecule has 2 aromatic rings. The zero-order valence-corrected chi connectivity index (χ0v) is 25.7. The molecule has 44 heavy (non-hydrogen) atoms. The van der Waals surface area contributed by atoms with Gasteiger partial charge in [0.25, 0.3) is 0 Å². The quantitative estimate of drug-likeness (QED) is 0.298. The van der Waals surface area contributed by atoms with Gasteiger partial charge in [0.15, 0.2) is 11.5 Å². The molecule has 0 N–H and O–H groups in total. The first-order chi connectivity index (χ1) is 20.8. The maximum Gasteiger partial charge on any atom is 0.416 e. The number of methoxy groups -OCH3 is 1. The number of carbonyl (C=O) groups excluding carboxylic acids is 2. The Bertz CT molecular complexity index is 1510. The zero-order chi connectivity index (χ0) is 31.6. The molecule has 2 bridgehead atoms. The monoisotopic (exact) mass is 612 g/mol. The van der Waals surface area contributed by atoms with Gasteiger partial charge >= 0.3 is 12.1 Å². The molecular weight excluding hydrogens is 573 g/mol. The van der Waals surface area contributed by atoms with Crippen molar-refractivity contribution < 1.29 is 37.0 Å². The lowest BCUT2D eigenvalue weighted by atomic mass is 9.48. The second kappa shape index (κ2) is 10.8. The lowest BCUT2D eigenvalue weighted by Gasteiger charge is -2.65. The number of rotatable bonds is 7. The minimum Gasteiger partial charge on any atom is -0.493 e. The first-order valence-corrected chi connectivity index (χ1v) is 15.2. The molecule has 0 unspecified atom stereocenters. The Kier molecular flexibility index (Phi) is 7.50. The fourth-order valence-electron chi connectivity index (χ4n) is 8.49. The minimum absolute atomic E-state index is 0.0610. The van der Waals surface area contributed by atoms with Gasteiger partial charge in [-0.1, -0.05) is 32.0 Å². The highest BCUT2D eigenvalue weighted by Gasteiger charge is 2.75. The molecule has 236 valence electrons. The van der Waals surface area contributed by atoms with Crippen LogP contribution in [-0.2, 0) is 32.3 Å². The minimum atomic E-state index is -4.48. The molecule has 2 aliphatic carbocycles. The number of piperidine rings is 1. The number of hydrogen-bond donors (Lipinski definition) is 0. The summed E-state index contributed by atoms with van der Waals surface area (Å²) in [7, 11) is 3.67. The lowest BCUT2D eigenvalue weighted by molar-refractivity contribution is -0.221. The number of nitrogens with zero attached hydrogens (tertiary/aromatic N) is 2. The molecule has 2 heterocycles. The van der Waals surface area contributed by atoms with E-state index in [0.29, 0.717) is 43.7 Å². The normalized spacial score (nSPS) is 28.9. The van der Waals surface area contributed by atoms with Gasteiger partial charge in [0.05, 0.1) is 30.2 Å². The zero-order valence-electron chi connectivity index (χ0n) is 25.7. The SMILES string of the molecule is COc1ccc2c3c1O[C@H]1[C@@H](N(CC(C)C)C(=O)C=Cc4cccc(C(F)(F)F)c4)CC[C@@]4(OC(C)=O)[C@@H](C2)N(C)CC[C@]314. The molecular formula is C34H39F3N2O5. The number of amides is 1. The first-order valence-electron chi connectivity index (χ1n) is 15.2. The van der Waals surface area contributed by atoms with E-state index in [4.69, 9.17) is 14.2 Å². The van der Waals surface area contributed by atoms with Crippen LogP contribution < -0.4 is 9.47 Å². The molecule has 4 aliphatic rings. The smallest absolute Gasteiger partial charge is 0.416 e. The van der Waals surface area contributed by atoms with Crippen molar-refractivity contribution in [3.63, 3.8) is 0 Å². The van der Waals surface area contributed by atoms with Gasteiger partial charge in [-0.2, -0.15) is 13.2 Å². The van der Waals surface area contributed by atoms with Crippen LogP contribution in [0.1, 0.15) is 62.3 Å². The van der Waals surface area contributed by atoms with E-state index in [0.717, 1.165) is 29.8 Å². The summed E-state index contributed by atoms with van der Waals surface area (Å²) in [5.74, 6) is 0.721. The van der Waals surface area contributed by atoms with E-state index in [2.05, 4.69) is 18.0 Å². The van der Waals surface area contributed by atoms with E-state index in [1.54, 1.807) is 13.2 Å². The van der Waals surface area contributed by atoms with Crippen molar-refractivity contribution in [2.45, 2.75) is 81.8 Å². The Morgan fingerprint density at radius 1 is 1.20 bits per heavy atom. The highest BCUT2D eigenvalue weighted by molar-refractivity contribution is 5.92. The molecule has 7 nitrogen and oxygen atoms in total. The molecule has 1 saturated carbocycles. The van der Waals surface area contributed by atoms with E-state index in [9.17, 15) is 22.8 Å². The number of halogens is 3. The summed E-state index contributed by atoms with van der Waals surface area (Å²) in [6.07, 6.45) is 0.254. The predicted octanol–water partition coefficient (Wildman–Crippen LogP) is 5.64. The number of ether oxygens (including phenoxy) is 3. The van der Waals surface area contributed by atoms with Crippen LogP contribution in [0.4, 0.5) is 13.2 Å². The van der Waals surface area contributed by atoms with Gasteiger partial charge in [0.1, 0.15) is 11.7 Å². The molecule has 0 aromatic heterocycles. The van der Waals surface area contributed by atoms with E-state index in [1.165, 1.54) is 25.1 Å². The van der Waals surface area contributed by atoms with Gasteiger partial charge in [-0.3, -0.25) is 14.5 Å². The number of alkyl halides is 3. The van der Waals surface area contributed by atoms with Crippen molar-refractivity contribution in [2.24, 2.45) is 5.92 Å². The molecule has 2 fully saturated rings. The van der Waals surface area contributed by atoms with Crippen molar-refractivity contribution >= 4 is 18.0 Å². The van der Waals surface area contributed by atoms with Gasteiger partial charge in [-0.15, -0.1) is 0 Å². The Morgan fingerprint density at radius 2 is 1.98 bits per heavy atom. The largest absolute Gasteiger partial charge is 0.493 e. The van der Waals surface area contributed by atoms with Crippen LogP contribution in [0.3, 0.4) is 0 Å². The van der Waals surface area contributed by atoms with Crippen LogP contribution >= 0.6 is 0 Å². The summed E-state index contributed by atoms with van der Waals surface area (Å²) in [6, 6.07) is 8.49. The molecule has 6 rings (SSSR count). The van der Waals surface area contributed by atoms with Gasteiger partial charge in [0, 0.05) is 25.1 Å². The van der Waals surface area contributed by atoms with Crippen molar-refractivity contribution in [3.8, 4) is 11.5 Å². The van der Waals surface area contributed by atoms with Crippen molar-refractivity contribution in [1.29, 1.82) is 0 Å². The fraction of sp³-hybridized carbons (Fsp3) is 0.529. The number of hydrogen-bond acceptors (Lipinski definition) is 6. The number of likely N-dealkylation sites (tertiary alicyclic amines) is 1. The Labute approximate surface area is 255 Å². The maximum atomic E-state index is 14.0. The second-order valence-electron chi connectivity index (χ2n) is 13.0. The van der Waals surface area contributed by atoms with Crippen molar-refractivity contribution in [1.82, 2.24) is 9.80 Å². The van der Waals surface area contributed by atoms with E-state index < -0.39 is 28.9 Å². The van der Waals surface area contributed by atoms with E-state index in [-0.39, 0.29) is 35.4 Å². The molecule has 1 saturated heterocycles. The average Bonchev–Trinajstić information content (AvgIpc) is 3.32. The standard InChI is InChI=1S/C34H39F3N2O5/c1-20(2)19-39(28(41)12-9-22-7-6-8-24(17-22)34(35,36)37)25-13-14-33(44-21(3)40)27-18-23-10-11-26(42-5)30-29(23)32(33,31(25)43-30)15-16-38(27)4/h6-12,17,20,25,27,31H,13-16,18-19H2,1-5H3/t25-,27+,31-,32-,33+/m0/s1. The second-order valence-corrected chi connectivity index (χ2v) is 13.0. The average molecular weight is 613 g/mol. The summed E-state index contributed by atoms with van der Waals surface area (Å²) in [5, 5.41) is 0. The van der Waals surface area contributed by atoms with Crippen molar-refractivity contribution in [2.75, 3.05) is 27.2 Å². The molecule has 0 radical (unpaired) electrons. The first kappa shape index (κ1) is 30.5. The van der Waals surface area contributed by atoms with Gasteiger partial charge in [-0.05, 0) is 80.6 Å². The Balaban J connectivity index is 1.44.